The topological polar surface area (TPSA) is 58.4 Å². The van der Waals surface area contributed by atoms with Crippen LogP contribution in [-0.2, 0) is 0 Å². The van der Waals surface area contributed by atoms with Crippen LogP contribution in [0, 0.1) is 0 Å². The average molecular weight is 201 g/mol. The lowest BCUT2D eigenvalue weighted by Gasteiger charge is -2.26. The van der Waals surface area contributed by atoms with E-state index in [0.717, 1.165) is 25.9 Å². The van der Waals surface area contributed by atoms with Crippen LogP contribution in [0.5, 0.6) is 0 Å². The lowest BCUT2D eigenvalue weighted by molar-refractivity contribution is 0.188. The van der Waals surface area contributed by atoms with Crippen molar-refractivity contribution in [3.05, 3.63) is 0 Å². The maximum Gasteiger partial charge on any atom is 0.317 e. The SMILES string of the molecule is NC(=S)CNC(=O)N1CCCCC1. The van der Waals surface area contributed by atoms with Crippen molar-refractivity contribution in [3.63, 3.8) is 0 Å². The van der Waals surface area contributed by atoms with Crippen molar-refractivity contribution in [3.8, 4) is 0 Å². The van der Waals surface area contributed by atoms with Crippen molar-refractivity contribution in [2.75, 3.05) is 19.6 Å². The summed E-state index contributed by atoms with van der Waals surface area (Å²) in [7, 11) is 0. The molecule has 74 valence electrons. The highest BCUT2D eigenvalue weighted by Gasteiger charge is 2.15. The minimum absolute atomic E-state index is 0.0486. The molecule has 1 aliphatic rings. The Morgan fingerprint density at radius 2 is 2.00 bits per heavy atom. The van der Waals surface area contributed by atoms with Gasteiger partial charge in [0.15, 0.2) is 0 Å². The molecule has 1 rings (SSSR count). The normalized spacial score (nSPS) is 16.8. The van der Waals surface area contributed by atoms with E-state index in [2.05, 4.69) is 17.5 Å². The molecular formula is C8H15N3OS. The molecule has 0 spiro atoms. The Morgan fingerprint density at radius 3 is 2.54 bits per heavy atom. The van der Waals surface area contributed by atoms with Gasteiger partial charge in [0.2, 0.25) is 0 Å². The smallest absolute Gasteiger partial charge is 0.317 e. The predicted octanol–water partition coefficient (Wildman–Crippen LogP) is 0.468. The number of nitrogens with two attached hydrogens (primary N) is 1. The van der Waals surface area contributed by atoms with E-state index in [1.165, 1.54) is 6.42 Å². The van der Waals surface area contributed by atoms with Gasteiger partial charge in [-0.25, -0.2) is 4.79 Å². The molecule has 1 saturated heterocycles. The number of likely N-dealkylation sites (tertiary alicyclic amines) is 1. The van der Waals surface area contributed by atoms with Gasteiger partial charge in [0.25, 0.3) is 0 Å². The summed E-state index contributed by atoms with van der Waals surface area (Å²) in [5.41, 5.74) is 5.27. The number of piperidine rings is 1. The molecule has 3 N–H and O–H groups in total. The van der Waals surface area contributed by atoms with Crippen LogP contribution in [0.15, 0.2) is 0 Å². The predicted molar refractivity (Wildman–Crippen MR) is 55.6 cm³/mol. The van der Waals surface area contributed by atoms with Crippen LogP contribution in [-0.4, -0.2) is 35.6 Å². The number of nitrogens with zero attached hydrogens (tertiary/aromatic N) is 1. The molecule has 0 aromatic carbocycles. The second kappa shape index (κ2) is 5.01. The van der Waals surface area contributed by atoms with Gasteiger partial charge < -0.3 is 16.0 Å². The van der Waals surface area contributed by atoms with Crippen molar-refractivity contribution in [1.82, 2.24) is 10.2 Å². The molecule has 1 fully saturated rings. The Labute approximate surface area is 83.5 Å². The Bertz CT molecular complexity index is 202. The first-order valence-corrected chi connectivity index (χ1v) is 4.92. The third-order valence-corrected chi connectivity index (χ3v) is 2.20. The van der Waals surface area contributed by atoms with E-state index in [-0.39, 0.29) is 6.03 Å². The van der Waals surface area contributed by atoms with Crippen molar-refractivity contribution in [2.24, 2.45) is 5.73 Å². The van der Waals surface area contributed by atoms with Crippen LogP contribution in [0.4, 0.5) is 4.79 Å². The zero-order valence-corrected chi connectivity index (χ0v) is 8.40. The van der Waals surface area contributed by atoms with Gasteiger partial charge in [-0.15, -0.1) is 0 Å². The molecular weight excluding hydrogens is 186 g/mol. The van der Waals surface area contributed by atoms with E-state index in [4.69, 9.17) is 5.73 Å². The summed E-state index contributed by atoms with van der Waals surface area (Å²) in [6, 6.07) is -0.0486. The van der Waals surface area contributed by atoms with E-state index < -0.39 is 0 Å². The molecule has 5 heteroatoms. The number of amides is 2. The summed E-state index contributed by atoms with van der Waals surface area (Å²) < 4.78 is 0. The molecule has 2 amide bonds. The van der Waals surface area contributed by atoms with Crippen molar-refractivity contribution >= 4 is 23.2 Å². The minimum atomic E-state index is -0.0486. The van der Waals surface area contributed by atoms with Gasteiger partial charge in [0.05, 0.1) is 11.5 Å². The summed E-state index contributed by atoms with van der Waals surface area (Å²) in [5, 5.41) is 2.67. The molecule has 0 aliphatic carbocycles. The van der Waals surface area contributed by atoms with Crippen LogP contribution < -0.4 is 11.1 Å². The molecule has 1 aliphatic heterocycles. The summed E-state index contributed by atoms with van der Waals surface area (Å²) in [4.78, 5) is 13.5. The fourth-order valence-electron chi connectivity index (χ4n) is 1.37. The maximum absolute atomic E-state index is 11.4. The molecule has 0 radical (unpaired) electrons. The van der Waals surface area contributed by atoms with Crippen LogP contribution >= 0.6 is 12.2 Å². The lowest BCUT2D eigenvalue weighted by atomic mass is 10.1. The Kier molecular flexibility index (Phi) is 3.95. The average Bonchev–Trinajstić information content (AvgIpc) is 2.15. The first-order chi connectivity index (χ1) is 6.20. The fourth-order valence-corrected chi connectivity index (χ4v) is 1.44. The third kappa shape index (κ3) is 3.59. The zero-order chi connectivity index (χ0) is 9.68. The van der Waals surface area contributed by atoms with Gasteiger partial charge in [-0.3, -0.25) is 0 Å². The van der Waals surface area contributed by atoms with E-state index in [9.17, 15) is 4.79 Å². The lowest BCUT2D eigenvalue weighted by Crippen LogP contribution is -2.45. The molecule has 0 atom stereocenters. The Morgan fingerprint density at radius 1 is 1.38 bits per heavy atom. The summed E-state index contributed by atoms with van der Waals surface area (Å²) in [5.74, 6) is 0. The van der Waals surface area contributed by atoms with Crippen LogP contribution in [0.1, 0.15) is 19.3 Å². The van der Waals surface area contributed by atoms with Gasteiger partial charge in [0.1, 0.15) is 0 Å². The minimum Gasteiger partial charge on any atom is -0.392 e. The number of thiocarbonyl (C=S) groups is 1. The molecule has 0 aromatic heterocycles. The summed E-state index contributed by atoms with van der Waals surface area (Å²) in [6.45, 7) is 2.00. The van der Waals surface area contributed by atoms with Crippen molar-refractivity contribution in [1.29, 1.82) is 0 Å². The second-order valence-electron chi connectivity index (χ2n) is 3.17. The third-order valence-electron chi connectivity index (χ3n) is 2.06. The summed E-state index contributed by atoms with van der Waals surface area (Å²) in [6.07, 6.45) is 3.42. The van der Waals surface area contributed by atoms with E-state index in [1.807, 2.05) is 4.90 Å². The first kappa shape index (κ1) is 10.2. The second-order valence-corrected chi connectivity index (χ2v) is 3.70. The number of hydrogen-bond donors (Lipinski definition) is 2. The number of nitrogens with one attached hydrogen (secondary N) is 1. The van der Waals surface area contributed by atoms with Gasteiger partial charge in [-0.05, 0) is 19.3 Å². The Balaban J connectivity index is 2.25. The number of carbonyl (C=O) groups is 1. The highest BCUT2D eigenvalue weighted by Crippen LogP contribution is 2.07. The van der Waals surface area contributed by atoms with Gasteiger partial charge in [-0.1, -0.05) is 12.2 Å². The van der Waals surface area contributed by atoms with E-state index in [1.54, 1.807) is 0 Å². The maximum atomic E-state index is 11.4. The van der Waals surface area contributed by atoms with E-state index in [0.29, 0.717) is 11.5 Å². The van der Waals surface area contributed by atoms with Gasteiger partial charge in [-0.2, -0.15) is 0 Å². The van der Waals surface area contributed by atoms with Crippen LogP contribution in [0.2, 0.25) is 0 Å². The number of hydrogen-bond acceptors (Lipinski definition) is 2. The zero-order valence-electron chi connectivity index (χ0n) is 7.58. The van der Waals surface area contributed by atoms with Crippen molar-refractivity contribution < 1.29 is 4.79 Å². The number of rotatable bonds is 2. The van der Waals surface area contributed by atoms with E-state index >= 15 is 0 Å². The number of carbonyl (C=O) groups excluding carboxylic acids is 1. The standard InChI is InChI=1S/C8H15N3OS/c9-7(13)6-10-8(12)11-4-2-1-3-5-11/h1-6H2,(H2,9,13)(H,10,12). The van der Waals surface area contributed by atoms with Gasteiger partial charge in [0, 0.05) is 13.1 Å². The first-order valence-electron chi connectivity index (χ1n) is 4.51. The molecule has 0 bridgehead atoms. The van der Waals surface area contributed by atoms with Crippen LogP contribution in [0.3, 0.4) is 0 Å². The molecule has 13 heavy (non-hydrogen) atoms. The quantitative estimate of drug-likeness (QED) is 0.638. The summed E-state index contributed by atoms with van der Waals surface area (Å²) >= 11 is 4.66. The van der Waals surface area contributed by atoms with Gasteiger partial charge >= 0.3 is 6.03 Å². The monoisotopic (exact) mass is 201 g/mol. The molecule has 0 aromatic rings. The highest BCUT2D eigenvalue weighted by molar-refractivity contribution is 7.80. The number of urea groups is 1. The fraction of sp³-hybridized carbons (Fsp3) is 0.750. The van der Waals surface area contributed by atoms with Crippen molar-refractivity contribution in [2.45, 2.75) is 19.3 Å². The molecule has 0 unspecified atom stereocenters. The highest BCUT2D eigenvalue weighted by atomic mass is 32.1. The molecule has 1 heterocycles. The Hall–Kier alpha value is -0.840. The molecule has 0 saturated carbocycles. The van der Waals surface area contributed by atoms with Crippen LogP contribution in [0.25, 0.3) is 0 Å². The largest absolute Gasteiger partial charge is 0.392 e. The molecule has 4 nitrogen and oxygen atoms in total.